The zero-order valence-electron chi connectivity index (χ0n) is 13.0. The number of likely N-dealkylation sites (tertiary alicyclic amines) is 2. The first-order valence-electron chi connectivity index (χ1n) is 8.02. The van der Waals surface area contributed by atoms with Crippen LogP contribution in [0.5, 0.6) is 0 Å². The van der Waals surface area contributed by atoms with E-state index in [-0.39, 0.29) is 30.3 Å². The minimum atomic E-state index is -0.509. The Morgan fingerprint density at radius 1 is 1.22 bits per heavy atom. The number of aldehydes is 1. The lowest BCUT2D eigenvalue weighted by molar-refractivity contribution is -0.146. The monoisotopic (exact) mass is 339 g/mol. The maximum absolute atomic E-state index is 12.7. The lowest BCUT2D eigenvalue weighted by Gasteiger charge is -2.30. The second-order valence-electron chi connectivity index (χ2n) is 6.18. The Bertz CT molecular complexity index is 527. The molecule has 0 aromatic carbocycles. The van der Waals surface area contributed by atoms with Gasteiger partial charge in [-0.05, 0) is 19.3 Å². The first-order valence-corrected chi connectivity index (χ1v) is 9.18. The van der Waals surface area contributed by atoms with Crippen molar-refractivity contribution >= 4 is 35.8 Å². The summed E-state index contributed by atoms with van der Waals surface area (Å²) in [6.45, 7) is 1.25. The highest BCUT2D eigenvalue weighted by Gasteiger charge is 2.41. The summed E-state index contributed by atoms with van der Waals surface area (Å²) in [6, 6.07) is -0.865. The lowest BCUT2D eigenvalue weighted by Crippen LogP contribution is -2.52. The molecule has 2 atom stereocenters. The highest BCUT2D eigenvalue weighted by molar-refractivity contribution is 7.99. The molecule has 8 heteroatoms. The van der Waals surface area contributed by atoms with Crippen molar-refractivity contribution in [2.24, 2.45) is 0 Å². The highest BCUT2D eigenvalue weighted by Crippen LogP contribution is 2.26. The number of carbonyl (C=O) groups excluding carboxylic acids is 4. The van der Waals surface area contributed by atoms with Gasteiger partial charge in [-0.1, -0.05) is 0 Å². The van der Waals surface area contributed by atoms with Crippen LogP contribution in [0.2, 0.25) is 0 Å². The van der Waals surface area contributed by atoms with Gasteiger partial charge in [0, 0.05) is 25.3 Å². The maximum atomic E-state index is 12.7. The van der Waals surface area contributed by atoms with E-state index in [9.17, 15) is 19.2 Å². The molecule has 126 valence electrons. The van der Waals surface area contributed by atoms with Crippen LogP contribution in [0.1, 0.15) is 25.7 Å². The molecule has 23 heavy (non-hydrogen) atoms. The number of thioether (sulfide) groups is 1. The third-order valence-electron chi connectivity index (χ3n) is 4.72. The molecule has 3 amide bonds. The molecule has 3 heterocycles. The van der Waals surface area contributed by atoms with E-state index in [1.54, 1.807) is 14.7 Å². The second-order valence-corrected chi connectivity index (χ2v) is 7.18. The predicted molar refractivity (Wildman–Crippen MR) is 84.6 cm³/mol. The van der Waals surface area contributed by atoms with Crippen LogP contribution >= 0.6 is 11.8 Å². The van der Waals surface area contributed by atoms with Gasteiger partial charge >= 0.3 is 0 Å². The third kappa shape index (κ3) is 3.22. The van der Waals surface area contributed by atoms with Gasteiger partial charge in [0.05, 0.1) is 18.5 Å². The first kappa shape index (κ1) is 16.3. The molecule has 0 radical (unpaired) electrons. The van der Waals surface area contributed by atoms with E-state index in [2.05, 4.69) is 0 Å². The van der Waals surface area contributed by atoms with E-state index in [1.165, 1.54) is 11.8 Å². The molecular formula is C15H21N3O4S. The molecule has 3 fully saturated rings. The van der Waals surface area contributed by atoms with Crippen molar-refractivity contribution in [1.82, 2.24) is 14.7 Å². The second kappa shape index (κ2) is 6.90. The molecule has 3 aliphatic heterocycles. The molecule has 0 N–H and O–H groups in total. The van der Waals surface area contributed by atoms with Crippen molar-refractivity contribution in [3.8, 4) is 0 Å². The fourth-order valence-corrected chi connectivity index (χ4v) is 4.59. The third-order valence-corrected chi connectivity index (χ3v) is 5.74. The molecular weight excluding hydrogens is 318 g/mol. The number of nitrogens with zero attached hydrogens (tertiary/aromatic N) is 3. The van der Waals surface area contributed by atoms with Crippen LogP contribution in [0.3, 0.4) is 0 Å². The molecule has 0 aromatic rings. The van der Waals surface area contributed by atoms with Crippen molar-refractivity contribution < 1.29 is 19.2 Å². The van der Waals surface area contributed by atoms with Crippen LogP contribution in [-0.4, -0.2) is 82.1 Å². The molecule has 3 saturated heterocycles. The van der Waals surface area contributed by atoms with Gasteiger partial charge in [0.15, 0.2) is 0 Å². The van der Waals surface area contributed by atoms with E-state index in [0.29, 0.717) is 37.6 Å². The van der Waals surface area contributed by atoms with E-state index in [0.717, 1.165) is 19.1 Å². The average Bonchev–Trinajstić information content (AvgIpc) is 3.27. The molecule has 3 rings (SSSR count). The van der Waals surface area contributed by atoms with Gasteiger partial charge in [-0.3, -0.25) is 14.4 Å². The van der Waals surface area contributed by atoms with E-state index in [4.69, 9.17) is 0 Å². The zero-order chi connectivity index (χ0) is 16.4. The Hall–Kier alpha value is -1.57. The topological polar surface area (TPSA) is 78.0 Å². The predicted octanol–water partition coefficient (Wildman–Crippen LogP) is -0.300. The Morgan fingerprint density at radius 3 is 2.74 bits per heavy atom. The number of carbonyl (C=O) groups is 4. The summed E-state index contributed by atoms with van der Waals surface area (Å²) in [5.74, 6) is 0.724. The van der Waals surface area contributed by atoms with Crippen molar-refractivity contribution in [2.75, 3.05) is 31.3 Å². The number of hydrogen-bond donors (Lipinski definition) is 0. The lowest BCUT2D eigenvalue weighted by atomic mass is 10.2. The minimum Gasteiger partial charge on any atom is -0.333 e. The van der Waals surface area contributed by atoms with E-state index < -0.39 is 6.04 Å². The van der Waals surface area contributed by atoms with Crippen LogP contribution in [-0.2, 0) is 19.2 Å². The van der Waals surface area contributed by atoms with Crippen molar-refractivity contribution in [3.63, 3.8) is 0 Å². The van der Waals surface area contributed by atoms with Gasteiger partial charge in [0.25, 0.3) is 0 Å². The Morgan fingerprint density at radius 2 is 2.04 bits per heavy atom. The van der Waals surface area contributed by atoms with E-state index >= 15 is 0 Å². The smallest absolute Gasteiger partial charge is 0.246 e. The van der Waals surface area contributed by atoms with E-state index in [1.807, 2.05) is 0 Å². The summed E-state index contributed by atoms with van der Waals surface area (Å²) in [5.41, 5.74) is 0. The van der Waals surface area contributed by atoms with Gasteiger partial charge in [-0.2, -0.15) is 0 Å². The Labute approximate surface area is 139 Å². The van der Waals surface area contributed by atoms with Crippen LogP contribution in [0.15, 0.2) is 0 Å². The van der Waals surface area contributed by atoms with Gasteiger partial charge in [0.1, 0.15) is 12.3 Å². The van der Waals surface area contributed by atoms with Crippen LogP contribution in [0.25, 0.3) is 0 Å². The summed E-state index contributed by atoms with van der Waals surface area (Å²) >= 11 is 1.54. The minimum absolute atomic E-state index is 0.00800. The quantitative estimate of drug-likeness (QED) is 0.657. The molecule has 0 aromatic heterocycles. The number of hydrogen-bond acceptors (Lipinski definition) is 5. The van der Waals surface area contributed by atoms with Crippen molar-refractivity contribution in [3.05, 3.63) is 0 Å². The van der Waals surface area contributed by atoms with Crippen LogP contribution in [0, 0.1) is 0 Å². The van der Waals surface area contributed by atoms with Crippen molar-refractivity contribution in [1.29, 1.82) is 0 Å². The molecule has 0 spiro atoms. The average molecular weight is 339 g/mol. The fourth-order valence-electron chi connectivity index (χ4n) is 3.42. The van der Waals surface area contributed by atoms with Gasteiger partial charge in [-0.15, -0.1) is 11.8 Å². The molecule has 0 bridgehead atoms. The maximum Gasteiger partial charge on any atom is 0.246 e. The standard InChI is InChI=1S/C15H21N3O4S/c19-8-11-3-1-6-17(11)15(22)12-9-23-10-18(12)14(21)7-16-5-2-4-13(16)20/h8,11-12H,1-7,9-10H2/t11-,12-/m0/s1. The summed E-state index contributed by atoms with van der Waals surface area (Å²) < 4.78 is 0. The molecule has 3 aliphatic rings. The Kier molecular flexibility index (Phi) is 4.89. The largest absolute Gasteiger partial charge is 0.333 e. The van der Waals surface area contributed by atoms with Crippen LogP contribution in [0.4, 0.5) is 0 Å². The summed E-state index contributed by atoms with van der Waals surface area (Å²) in [4.78, 5) is 52.7. The number of amides is 3. The molecule has 0 saturated carbocycles. The number of rotatable bonds is 4. The van der Waals surface area contributed by atoms with Crippen molar-refractivity contribution in [2.45, 2.75) is 37.8 Å². The van der Waals surface area contributed by atoms with Gasteiger partial charge in [-0.25, -0.2) is 0 Å². The summed E-state index contributed by atoms with van der Waals surface area (Å²) in [5, 5.41) is 0. The molecule has 0 aliphatic carbocycles. The summed E-state index contributed by atoms with van der Waals surface area (Å²) in [6.07, 6.45) is 3.63. The first-order chi connectivity index (χ1) is 11.1. The van der Waals surface area contributed by atoms with Gasteiger partial charge < -0.3 is 19.5 Å². The fraction of sp³-hybridized carbons (Fsp3) is 0.733. The Balaban J connectivity index is 1.65. The zero-order valence-corrected chi connectivity index (χ0v) is 13.8. The van der Waals surface area contributed by atoms with Gasteiger partial charge in [0.2, 0.25) is 17.7 Å². The molecule has 0 unspecified atom stereocenters. The van der Waals surface area contributed by atoms with Crippen LogP contribution < -0.4 is 0 Å². The normalized spacial score (nSPS) is 27.8. The summed E-state index contributed by atoms with van der Waals surface area (Å²) in [7, 11) is 0. The SMILES string of the molecule is O=C[C@@H]1CCCN1C(=O)[C@@H]1CSCN1C(=O)CN1CCCC1=O. The molecule has 7 nitrogen and oxygen atoms in total. The highest BCUT2D eigenvalue weighted by atomic mass is 32.2.